The van der Waals surface area contributed by atoms with E-state index >= 15 is 0 Å². The zero-order valence-electron chi connectivity index (χ0n) is 10.8. The fraction of sp³-hybridized carbons (Fsp3) is 0.312. The molecule has 3 nitrogen and oxygen atoms in total. The minimum absolute atomic E-state index is 0.245. The first kappa shape index (κ1) is 11.9. The topological polar surface area (TPSA) is 45.7 Å². The molecule has 1 aromatic carbocycles. The maximum atomic E-state index is 13.9. The van der Waals surface area contributed by atoms with Crippen LogP contribution < -0.4 is 0 Å². The predicted octanol–water partition coefficient (Wildman–Crippen LogP) is 3.84. The van der Waals surface area contributed by atoms with Crippen molar-refractivity contribution in [3.8, 4) is 0 Å². The number of fused-ring (bicyclic) bond motifs is 1. The smallest absolute Gasteiger partial charge is 0.170 e. The van der Waals surface area contributed by atoms with E-state index in [9.17, 15) is 9.50 Å². The highest BCUT2D eigenvalue weighted by Crippen LogP contribution is 2.46. The molecule has 2 aliphatic rings. The molecule has 4 heteroatoms. The third-order valence-electron chi connectivity index (χ3n) is 4.03. The van der Waals surface area contributed by atoms with Crippen LogP contribution in [-0.2, 0) is 0 Å². The van der Waals surface area contributed by atoms with E-state index in [0.29, 0.717) is 23.6 Å². The monoisotopic (exact) mass is 271 g/mol. The van der Waals surface area contributed by atoms with Gasteiger partial charge in [0.25, 0.3) is 0 Å². The van der Waals surface area contributed by atoms with Gasteiger partial charge in [-0.2, -0.15) is 0 Å². The Balaban J connectivity index is 1.89. The van der Waals surface area contributed by atoms with E-state index in [4.69, 9.17) is 4.42 Å². The molecule has 0 radical (unpaired) electrons. The second kappa shape index (κ2) is 4.28. The number of aliphatic hydroxyl groups excluding tert-OH is 1. The molecule has 2 heterocycles. The summed E-state index contributed by atoms with van der Waals surface area (Å²) in [6.07, 6.45) is 7.26. The minimum Gasteiger partial charge on any atom is -0.461 e. The van der Waals surface area contributed by atoms with Crippen LogP contribution in [-0.4, -0.2) is 10.8 Å². The molecular formula is C16H14FNO2. The van der Waals surface area contributed by atoms with Crippen molar-refractivity contribution in [2.75, 3.05) is 0 Å². The van der Waals surface area contributed by atoms with Crippen molar-refractivity contribution in [2.45, 2.75) is 31.3 Å². The van der Waals surface area contributed by atoms with E-state index in [-0.39, 0.29) is 11.4 Å². The van der Waals surface area contributed by atoms with Gasteiger partial charge in [0.1, 0.15) is 6.10 Å². The molecule has 102 valence electrons. The van der Waals surface area contributed by atoms with Gasteiger partial charge < -0.3 is 9.52 Å². The van der Waals surface area contributed by atoms with Crippen LogP contribution >= 0.6 is 0 Å². The molecule has 0 bridgehead atoms. The summed E-state index contributed by atoms with van der Waals surface area (Å²) in [5, 5.41) is 11.3. The summed E-state index contributed by atoms with van der Waals surface area (Å²) in [6.45, 7) is 0. The summed E-state index contributed by atoms with van der Waals surface area (Å²) >= 11 is 0. The van der Waals surface area contributed by atoms with E-state index in [2.05, 4.69) is 4.99 Å². The summed E-state index contributed by atoms with van der Waals surface area (Å²) in [4.78, 5) is 4.18. The van der Waals surface area contributed by atoms with Crippen molar-refractivity contribution in [3.05, 3.63) is 47.6 Å². The van der Waals surface area contributed by atoms with E-state index < -0.39 is 6.10 Å². The number of halogens is 1. The molecule has 1 aliphatic heterocycles. The number of nitrogens with zero attached hydrogens (tertiary/aromatic N) is 1. The summed E-state index contributed by atoms with van der Waals surface area (Å²) in [7, 11) is 0. The lowest BCUT2D eigenvalue weighted by Crippen LogP contribution is -2.10. The number of allylic oxidation sites excluding steroid dienone is 1. The van der Waals surface area contributed by atoms with Crippen molar-refractivity contribution < 1.29 is 13.9 Å². The van der Waals surface area contributed by atoms with Gasteiger partial charge in [0.15, 0.2) is 11.4 Å². The first-order valence-corrected chi connectivity index (χ1v) is 6.85. The minimum atomic E-state index is -0.803. The zero-order chi connectivity index (χ0) is 13.7. The molecule has 1 N–H and O–H groups in total. The van der Waals surface area contributed by atoms with Crippen LogP contribution in [0.5, 0.6) is 0 Å². The molecule has 1 atom stereocenters. The van der Waals surface area contributed by atoms with Gasteiger partial charge >= 0.3 is 0 Å². The number of hydrogen-bond acceptors (Lipinski definition) is 3. The Bertz CT molecular complexity index is 740. The summed E-state index contributed by atoms with van der Waals surface area (Å²) < 4.78 is 19.3. The molecule has 20 heavy (non-hydrogen) atoms. The van der Waals surface area contributed by atoms with Gasteiger partial charge in [0.05, 0.1) is 12.0 Å². The van der Waals surface area contributed by atoms with E-state index in [0.717, 1.165) is 23.8 Å². The quantitative estimate of drug-likeness (QED) is 0.921. The lowest BCUT2D eigenvalue weighted by molar-refractivity contribution is 0.247. The van der Waals surface area contributed by atoms with Crippen molar-refractivity contribution in [1.82, 2.24) is 0 Å². The van der Waals surface area contributed by atoms with E-state index in [1.807, 2.05) is 6.08 Å². The molecule has 4 rings (SSSR count). The highest BCUT2D eigenvalue weighted by molar-refractivity contribution is 5.97. The Kier molecular flexibility index (Phi) is 2.54. The standard InChI is InChI=1S/C16H14FNO2/c17-12-6-5-10(15(19)13-2-1-7-18-13)14-11(9-3-4-9)8-20-16(12)14/h1,5-9,15,19H,2-4H2. The van der Waals surface area contributed by atoms with Crippen LogP contribution in [0.15, 0.2) is 40.1 Å². The van der Waals surface area contributed by atoms with Gasteiger partial charge in [-0.1, -0.05) is 12.1 Å². The average Bonchev–Trinajstić information content (AvgIpc) is 2.99. The number of aliphatic hydroxyl groups is 1. The van der Waals surface area contributed by atoms with Crippen molar-refractivity contribution in [1.29, 1.82) is 0 Å². The van der Waals surface area contributed by atoms with Crippen molar-refractivity contribution >= 4 is 16.7 Å². The Morgan fingerprint density at radius 1 is 1.35 bits per heavy atom. The number of benzene rings is 1. The van der Waals surface area contributed by atoms with Gasteiger partial charge in [-0.3, -0.25) is 4.99 Å². The highest BCUT2D eigenvalue weighted by Gasteiger charge is 2.31. The van der Waals surface area contributed by atoms with Gasteiger partial charge in [0.2, 0.25) is 0 Å². The van der Waals surface area contributed by atoms with Crippen LogP contribution in [0.3, 0.4) is 0 Å². The number of rotatable bonds is 3. The number of furan rings is 1. The maximum absolute atomic E-state index is 13.9. The zero-order valence-corrected chi connectivity index (χ0v) is 10.8. The molecule has 0 saturated heterocycles. The summed E-state index contributed by atoms with van der Waals surface area (Å²) in [5.74, 6) is 0.0574. The van der Waals surface area contributed by atoms with E-state index in [1.165, 1.54) is 6.07 Å². The normalized spacial score (nSPS) is 19.6. The third-order valence-corrected chi connectivity index (χ3v) is 4.03. The summed E-state index contributed by atoms with van der Waals surface area (Å²) in [5.41, 5.74) is 2.65. The van der Waals surface area contributed by atoms with Crippen LogP contribution in [0.1, 0.15) is 42.4 Å². The van der Waals surface area contributed by atoms with Crippen LogP contribution in [0.2, 0.25) is 0 Å². The Hall–Kier alpha value is -1.94. The van der Waals surface area contributed by atoms with Crippen molar-refractivity contribution in [2.24, 2.45) is 4.99 Å². The molecule has 1 unspecified atom stereocenters. The third kappa shape index (κ3) is 1.72. The SMILES string of the molecule is OC(C1=NC=CC1)c1ccc(F)c2occ(C3CC3)c12. The lowest BCUT2D eigenvalue weighted by Gasteiger charge is -2.13. The Morgan fingerprint density at radius 2 is 2.20 bits per heavy atom. The number of aliphatic imine (C=N–C) groups is 1. The molecule has 2 aromatic rings. The predicted molar refractivity (Wildman–Crippen MR) is 74.3 cm³/mol. The fourth-order valence-electron chi connectivity index (χ4n) is 2.83. The van der Waals surface area contributed by atoms with Crippen LogP contribution in [0, 0.1) is 5.82 Å². The van der Waals surface area contributed by atoms with Gasteiger partial charge in [-0.15, -0.1) is 0 Å². The highest BCUT2D eigenvalue weighted by atomic mass is 19.1. The maximum Gasteiger partial charge on any atom is 0.170 e. The fourth-order valence-corrected chi connectivity index (χ4v) is 2.83. The molecule has 1 aromatic heterocycles. The van der Waals surface area contributed by atoms with Gasteiger partial charge in [-0.05, 0) is 30.4 Å². The molecule has 0 spiro atoms. The average molecular weight is 271 g/mol. The Labute approximate surface area is 115 Å². The molecule has 1 aliphatic carbocycles. The molecule has 0 amide bonds. The molecular weight excluding hydrogens is 257 g/mol. The van der Waals surface area contributed by atoms with Crippen LogP contribution in [0.25, 0.3) is 11.0 Å². The molecule has 1 fully saturated rings. The number of hydrogen-bond donors (Lipinski definition) is 1. The van der Waals surface area contributed by atoms with Crippen LogP contribution in [0.4, 0.5) is 4.39 Å². The van der Waals surface area contributed by atoms with Gasteiger partial charge in [-0.25, -0.2) is 4.39 Å². The van der Waals surface area contributed by atoms with Gasteiger partial charge in [0, 0.05) is 23.6 Å². The Morgan fingerprint density at radius 3 is 2.90 bits per heavy atom. The molecule has 1 saturated carbocycles. The first-order valence-electron chi connectivity index (χ1n) is 6.85. The summed E-state index contributed by atoms with van der Waals surface area (Å²) in [6, 6.07) is 2.99. The second-order valence-corrected chi connectivity index (χ2v) is 5.42. The van der Waals surface area contributed by atoms with Crippen molar-refractivity contribution in [3.63, 3.8) is 0 Å². The second-order valence-electron chi connectivity index (χ2n) is 5.42. The van der Waals surface area contributed by atoms with E-state index in [1.54, 1.807) is 18.5 Å². The first-order chi connectivity index (χ1) is 9.75. The lowest BCUT2D eigenvalue weighted by atomic mass is 9.96. The largest absolute Gasteiger partial charge is 0.461 e.